The SMILES string of the molecule is O=C1CNC(C(=O)NCC(O)c2ccccc2)CN1. The first-order valence-corrected chi connectivity index (χ1v) is 6.17. The number of hydrogen-bond donors (Lipinski definition) is 4. The van der Waals surface area contributed by atoms with Crippen molar-refractivity contribution in [3.05, 3.63) is 35.9 Å². The molecule has 2 atom stereocenters. The molecule has 102 valence electrons. The lowest BCUT2D eigenvalue weighted by molar-refractivity contribution is -0.126. The second-order valence-electron chi connectivity index (χ2n) is 4.41. The van der Waals surface area contributed by atoms with Crippen LogP contribution in [0.3, 0.4) is 0 Å². The van der Waals surface area contributed by atoms with Gasteiger partial charge in [0, 0.05) is 13.1 Å². The van der Waals surface area contributed by atoms with Crippen molar-refractivity contribution in [3.63, 3.8) is 0 Å². The third kappa shape index (κ3) is 3.77. The van der Waals surface area contributed by atoms with E-state index in [9.17, 15) is 14.7 Å². The second-order valence-corrected chi connectivity index (χ2v) is 4.41. The van der Waals surface area contributed by atoms with Crippen molar-refractivity contribution < 1.29 is 14.7 Å². The molecule has 1 aromatic carbocycles. The summed E-state index contributed by atoms with van der Waals surface area (Å²) in [6, 6.07) is 8.69. The molecule has 0 spiro atoms. The van der Waals surface area contributed by atoms with E-state index in [2.05, 4.69) is 16.0 Å². The lowest BCUT2D eigenvalue weighted by Gasteiger charge is -2.23. The zero-order chi connectivity index (χ0) is 13.7. The average molecular weight is 263 g/mol. The van der Waals surface area contributed by atoms with Crippen LogP contribution in [0.1, 0.15) is 11.7 Å². The van der Waals surface area contributed by atoms with Gasteiger partial charge in [-0.15, -0.1) is 0 Å². The summed E-state index contributed by atoms with van der Waals surface area (Å²) < 4.78 is 0. The first-order chi connectivity index (χ1) is 9.16. The third-order valence-corrected chi connectivity index (χ3v) is 2.98. The molecule has 0 radical (unpaired) electrons. The second kappa shape index (κ2) is 6.31. The Morgan fingerprint density at radius 2 is 2.16 bits per heavy atom. The van der Waals surface area contributed by atoms with E-state index in [0.717, 1.165) is 5.56 Å². The number of piperazine rings is 1. The number of benzene rings is 1. The summed E-state index contributed by atoms with van der Waals surface area (Å²) in [7, 11) is 0. The summed E-state index contributed by atoms with van der Waals surface area (Å²) in [5.74, 6) is -0.344. The average Bonchev–Trinajstić information content (AvgIpc) is 2.46. The molecule has 19 heavy (non-hydrogen) atoms. The molecule has 6 heteroatoms. The minimum atomic E-state index is -0.733. The van der Waals surface area contributed by atoms with E-state index < -0.39 is 12.1 Å². The Bertz CT molecular complexity index is 440. The number of carbonyl (C=O) groups excluding carboxylic acids is 2. The molecule has 1 aliphatic heterocycles. The van der Waals surface area contributed by atoms with Gasteiger partial charge >= 0.3 is 0 Å². The monoisotopic (exact) mass is 263 g/mol. The quantitative estimate of drug-likeness (QED) is 0.556. The Labute approximate surface area is 111 Å². The highest BCUT2D eigenvalue weighted by Gasteiger charge is 2.23. The summed E-state index contributed by atoms with van der Waals surface area (Å²) in [4.78, 5) is 22.7. The van der Waals surface area contributed by atoms with Crippen molar-refractivity contribution in [2.75, 3.05) is 19.6 Å². The van der Waals surface area contributed by atoms with Gasteiger partial charge in [-0.3, -0.25) is 14.9 Å². The summed E-state index contributed by atoms with van der Waals surface area (Å²) in [6.45, 7) is 0.556. The molecule has 2 unspecified atom stereocenters. The van der Waals surface area contributed by atoms with E-state index in [1.54, 1.807) is 12.1 Å². The molecule has 2 amide bonds. The Balaban J connectivity index is 1.79. The van der Waals surface area contributed by atoms with E-state index in [1.807, 2.05) is 18.2 Å². The number of nitrogens with one attached hydrogen (secondary N) is 3. The highest BCUT2D eigenvalue weighted by atomic mass is 16.3. The van der Waals surface area contributed by atoms with Gasteiger partial charge in [-0.2, -0.15) is 0 Å². The highest BCUT2D eigenvalue weighted by molar-refractivity contribution is 5.86. The molecule has 6 nitrogen and oxygen atoms in total. The van der Waals surface area contributed by atoms with Crippen LogP contribution in [0.4, 0.5) is 0 Å². The van der Waals surface area contributed by atoms with Crippen LogP contribution in [-0.4, -0.2) is 42.6 Å². The molecule has 1 fully saturated rings. The van der Waals surface area contributed by atoms with Crippen LogP contribution in [-0.2, 0) is 9.59 Å². The van der Waals surface area contributed by atoms with Crippen LogP contribution in [0, 0.1) is 0 Å². The third-order valence-electron chi connectivity index (χ3n) is 2.98. The van der Waals surface area contributed by atoms with E-state index >= 15 is 0 Å². The van der Waals surface area contributed by atoms with Gasteiger partial charge in [0.2, 0.25) is 11.8 Å². The first kappa shape index (κ1) is 13.5. The maximum absolute atomic E-state index is 11.8. The fourth-order valence-corrected chi connectivity index (χ4v) is 1.87. The van der Waals surface area contributed by atoms with E-state index in [4.69, 9.17) is 0 Å². The normalized spacial score (nSPS) is 20.5. The standard InChI is InChI=1S/C13H17N3O3/c17-11(9-4-2-1-3-5-9)7-16-13(19)10-6-15-12(18)8-14-10/h1-5,10-11,14,17H,6-8H2,(H,15,18)(H,16,19). The van der Waals surface area contributed by atoms with Crippen LogP contribution in [0.15, 0.2) is 30.3 Å². The van der Waals surface area contributed by atoms with Gasteiger partial charge in [-0.25, -0.2) is 0 Å². The molecule has 0 aromatic heterocycles. The Morgan fingerprint density at radius 3 is 2.79 bits per heavy atom. The van der Waals surface area contributed by atoms with Gasteiger partial charge in [-0.1, -0.05) is 30.3 Å². The van der Waals surface area contributed by atoms with E-state index in [0.29, 0.717) is 0 Å². The van der Waals surface area contributed by atoms with Gasteiger partial charge < -0.3 is 15.7 Å². The zero-order valence-electron chi connectivity index (χ0n) is 10.4. The molecular weight excluding hydrogens is 246 g/mol. The summed E-state index contributed by atoms with van der Waals surface area (Å²) in [6.07, 6.45) is -0.733. The molecule has 0 bridgehead atoms. The predicted octanol–water partition coefficient (Wildman–Crippen LogP) is -1.08. The van der Waals surface area contributed by atoms with Crippen molar-refractivity contribution in [2.24, 2.45) is 0 Å². The van der Waals surface area contributed by atoms with Gasteiger partial charge in [0.15, 0.2) is 0 Å². The van der Waals surface area contributed by atoms with Crippen molar-refractivity contribution in [2.45, 2.75) is 12.1 Å². The van der Waals surface area contributed by atoms with Gasteiger partial charge in [-0.05, 0) is 5.56 Å². The van der Waals surface area contributed by atoms with Crippen LogP contribution in [0.2, 0.25) is 0 Å². The molecule has 4 N–H and O–H groups in total. The smallest absolute Gasteiger partial charge is 0.239 e. The van der Waals surface area contributed by atoms with Crippen LogP contribution in [0.25, 0.3) is 0 Å². The molecule has 1 heterocycles. The van der Waals surface area contributed by atoms with Crippen LogP contribution in [0.5, 0.6) is 0 Å². The van der Waals surface area contributed by atoms with Crippen molar-refractivity contribution in [3.8, 4) is 0 Å². The largest absolute Gasteiger partial charge is 0.387 e. The fourth-order valence-electron chi connectivity index (χ4n) is 1.87. The first-order valence-electron chi connectivity index (χ1n) is 6.17. The number of aliphatic hydroxyl groups is 1. The van der Waals surface area contributed by atoms with Crippen molar-refractivity contribution in [1.29, 1.82) is 0 Å². The summed E-state index contributed by atoms with van der Waals surface area (Å²) in [5.41, 5.74) is 0.757. The lowest BCUT2D eigenvalue weighted by atomic mass is 10.1. The minimum absolute atomic E-state index is 0.117. The fraction of sp³-hybridized carbons (Fsp3) is 0.385. The zero-order valence-corrected chi connectivity index (χ0v) is 10.4. The van der Waals surface area contributed by atoms with Gasteiger partial charge in [0.05, 0.1) is 12.6 Å². The Kier molecular flexibility index (Phi) is 4.48. The maximum Gasteiger partial charge on any atom is 0.239 e. The molecular formula is C13H17N3O3. The molecule has 0 aliphatic carbocycles. The maximum atomic E-state index is 11.8. The lowest BCUT2D eigenvalue weighted by Crippen LogP contribution is -2.58. The minimum Gasteiger partial charge on any atom is -0.387 e. The number of rotatable bonds is 4. The Hall–Kier alpha value is -1.92. The number of hydrogen-bond acceptors (Lipinski definition) is 4. The van der Waals surface area contributed by atoms with Gasteiger partial charge in [0.1, 0.15) is 6.04 Å². The van der Waals surface area contributed by atoms with Crippen molar-refractivity contribution in [1.82, 2.24) is 16.0 Å². The summed E-state index contributed by atoms with van der Waals surface area (Å²) >= 11 is 0. The molecule has 0 saturated carbocycles. The molecule has 1 saturated heterocycles. The number of carbonyl (C=O) groups is 2. The molecule has 2 rings (SSSR count). The summed E-state index contributed by atoms with van der Waals surface area (Å²) in [5, 5.41) is 18.0. The van der Waals surface area contributed by atoms with Crippen LogP contribution >= 0.6 is 0 Å². The predicted molar refractivity (Wildman–Crippen MR) is 69.2 cm³/mol. The Morgan fingerprint density at radius 1 is 1.42 bits per heavy atom. The van der Waals surface area contributed by atoms with E-state index in [1.165, 1.54) is 0 Å². The molecule has 1 aromatic rings. The number of amides is 2. The highest BCUT2D eigenvalue weighted by Crippen LogP contribution is 2.10. The topological polar surface area (TPSA) is 90.5 Å². The van der Waals surface area contributed by atoms with Crippen LogP contribution < -0.4 is 16.0 Å². The van der Waals surface area contributed by atoms with E-state index in [-0.39, 0.29) is 31.4 Å². The van der Waals surface area contributed by atoms with Crippen molar-refractivity contribution >= 4 is 11.8 Å². The molecule has 1 aliphatic rings. The number of aliphatic hydroxyl groups excluding tert-OH is 1. The van der Waals surface area contributed by atoms with Gasteiger partial charge in [0.25, 0.3) is 0 Å².